The van der Waals surface area contributed by atoms with Gasteiger partial charge in [-0.15, -0.1) is 25.6 Å². The van der Waals surface area contributed by atoms with Crippen LogP contribution < -0.4 is 10.5 Å². The molecule has 0 aromatic heterocycles. The highest BCUT2D eigenvalue weighted by Gasteiger charge is 2.31. The summed E-state index contributed by atoms with van der Waals surface area (Å²) in [5, 5.41) is 0. The Hall–Kier alpha value is -1.79. The number of halogens is 5. The first-order chi connectivity index (χ1) is 9.76. The van der Waals surface area contributed by atoms with E-state index in [9.17, 15) is 17.6 Å². The molecule has 2 N–H and O–H groups in total. The number of alkyl halides is 3. The van der Waals surface area contributed by atoms with E-state index in [0.717, 1.165) is 17.7 Å². The minimum absolute atomic E-state index is 0. The number of hydrogen-bond donors (Lipinski definition) is 1. The Morgan fingerprint density at radius 2 is 1.64 bits per heavy atom. The molecule has 0 bridgehead atoms. The zero-order chi connectivity index (χ0) is 15.6. The van der Waals surface area contributed by atoms with Gasteiger partial charge < -0.3 is 10.5 Å². The average Bonchev–Trinajstić information content (AvgIpc) is 2.40. The van der Waals surface area contributed by atoms with Crippen LogP contribution in [0, 0.1) is 12.7 Å². The number of ether oxygens (including phenoxy) is 1. The fourth-order valence-corrected chi connectivity index (χ4v) is 1.96. The lowest BCUT2D eigenvalue weighted by molar-refractivity contribution is -0.274. The summed E-state index contributed by atoms with van der Waals surface area (Å²) in [6.45, 7) is 1.80. The van der Waals surface area contributed by atoms with E-state index in [0.29, 0.717) is 11.1 Å². The van der Waals surface area contributed by atoms with Crippen LogP contribution in [0.15, 0.2) is 42.5 Å². The van der Waals surface area contributed by atoms with Gasteiger partial charge in [0, 0.05) is 5.56 Å². The lowest BCUT2D eigenvalue weighted by atomic mass is 9.97. The third kappa shape index (κ3) is 4.61. The minimum atomic E-state index is -4.74. The zero-order valence-corrected chi connectivity index (χ0v) is 12.3. The summed E-state index contributed by atoms with van der Waals surface area (Å²) in [5.74, 6) is -0.799. The van der Waals surface area contributed by atoms with Gasteiger partial charge in [-0.25, -0.2) is 4.39 Å². The van der Waals surface area contributed by atoms with E-state index in [4.69, 9.17) is 5.73 Å². The second kappa shape index (κ2) is 6.98. The van der Waals surface area contributed by atoms with Crippen molar-refractivity contribution in [1.82, 2.24) is 0 Å². The normalized spacial score (nSPS) is 12.5. The maximum atomic E-state index is 13.8. The molecule has 2 nitrogen and oxygen atoms in total. The molecule has 2 rings (SSSR count). The molecular weight excluding hydrogens is 322 g/mol. The number of aryl methyl sites for hydroxylation is 1. The lowest BCUT2D eigenvalue weighted by Crippen LogP contribution is -2.17. The highest BCUT2D eigenvalue weighted by atomic mass is 35.5. The maximum absolute atomic E-state index is 13.8. The smallest absolute Gasteiger partial charge is 0.406 e. The summed E-state index contributed by atoms with van der Waals surface area (Å²) in [7, 11) is 0. The van der Waals surface area contributed by atoms with Gasteiger partial charge in [0.25, 0.3) is 0 Å². The molecule has 0 radical (unpaired) electrons. The first-order valence-electron chi connectivity index (χ1n) is 6.13. The summed E-state index contributed by atoms with van der Waals surface area (Å²) in [6, 6.07) is 8.84. The van der Waals surface area contributed by atoms with Crippen LogP contribution in [0.5, 0.6) is 5.75 Å². The summed E-state index contributed by atoms with van der Waals surface area (Å²) < 4.78 is 53.7. The van der Waals surface area contributed by atoms with Gasteiger partial charge in [0.05, 0.1) is 6.04 Å². The van der Waals surface area contributed by atoms with Crippen molar-refractivity contribution < 1.29 is 22.3 Å². The minimum Gasteiger partial charge on any atom is -0.406 e. The topological polar surface area (TPSA) is 35.2 Å². The van der Waals surface area contributed by atoms with Crippen LogP contribution in [0.2, 0.25) is 0 Å². The Labute approximate surface area is 131 Å². The summed E-state index contributed by atoms with van der Waals surface area (Å²) in [5.41, 5.74) is 7.59. The standard InChI is InChI=1S/C15H13F4NO.ClH/c1-9-2-7-13(16)12(8-9)14(20)10-3-5-11(6-4-10)21-15(17,18)19;/h2-8,14H,20H2,1H3;1H/t14-;/m0./s1. The molecule has 0 heterocycles. The fraction of sp³-hybridized carbons (Fsp3) is 0.200. The molecule has 0 aliphatic heterocycles. The molecule has 2 aromatic rings. The molecular formula is C15H14ClF4NO. The van der Waals surface area contributed by atoms with Crippen molar-refractivity contribution in [2.24, 2.45) is 5.73 Å². The molecule has 0 spiro atoms. The molecule has 0 aliphatic carbocycles. The highest BCUT2D eigenvalue weighted by molar-refractivity contribution is 5.85. The van der Waals surface area contributed by atoms with Crippen molar-refractivity contribution in [3.63, 3.8) is 0 Å². The van der Waals surface area contributed by atoms with Crippen molar-refractivity contribution in [3.05, 3.63) is 65.0 Å². The van der Waals surface area contributed by atoms with Gasteiger partial charge in [-0.1, -0.05) is 29.8 Å². The van der Waals surface area contributed by atoms with E-state index in [2.05, 4.69) is 4.74 Å². The van der Waals surface area contributed by atoms with Crippen molar-refractivity contribution in [2.45, 2.75) is 19.3 Å². The predicted molar refractivity (Wildman–Crippen MR) is 77.5 cm³/mol. The molecule has 1 atom stereocenters. The highest BCUT2D eigenvalue weighted by Crippen LogP contribution is 2.27. The number of nitrogens with two attached hydrogens (primary N) is 1. The second-order valence-electron chi connectivity index (χ2n) is 4.62. The first-order valence-corrected chi connectivity index (χ1v) is 6.13. The number of benzene rings is 2. The molecule has 0 aliphatic rings. The van der Waals surface area contributed by atoms with Crippen LogP contribution >= 0.6 is 12.4 Å². The zero-order valence-electron chi connectivity index (χ0n) is 11.5. The quantitative estimate of drug-likeness (QED) is 0.838. The van der Waals surface area contributed by atoms with E-state index in [1.807, 2.05) is 0 Å². The van der Waals surface area contributed by atoms with Crippen molar-refractivity contribution >= 4 is 12.4 Å². The molecule has 0 unspecified atom stereocenters. The van der Waals surface area contributed by atoms with Gasteiger partial charge in [0.15, 0.2) is 0 Å². The van der Waals surface area contributed by atoms with Crippen LogP contribution in [-0.2, 0) is 0 Å². The Balaban J connectivity index is 0.00000242. The van der Waals surface area contributed by atoms with Gasteiger partial charge in [-0.2, -0.15) is 0 Å². The molecule has 0 fully saturated rings. The third-order valence-corrected chi connectivity index (χ3v) is 2.96. The van der Waals surface area contributed by atoms with E-state index < -0.39 is 18.2 Å². The monoisotopic (exact) mass is 335 g/mol. The van der Waals surface area contributed by atoms with Gasteiger partial charge in [-0.05, 0) is 30.7 Å². The van der Waals surface area contributed by atoms with Gasteiger partial charge in [0.1, 0.15) is 11.6 Å². The fourth-order valence-electron chi connectivity index (χ4n) is 1.96. The summed E-state index contributed by atoms with van der Waals surface area (Å²) >= 11 is 0. The van der Waals surface area contributed by atoms with Crippen molar-refractivity contribution in [3.8, 4) is 5.75 Å². The largest absolute Gasteiger partial charge is 0.573 e. The Bertz CT molecular complexity index is 628. The van der Waals surface area contributed by atoms with Crippen molar-refractivity contribution in [1.29, 1.82) is 0 Å². The molecule has 120 valence electrons. The van der Waals surface area contributed by atoms with Crippen LogP contribution in [0.3, 0.4) is 0 Å². The summed E-state index contributed by atoms with van der Waals surface area (Å²) in [6.07, 6.45) is -4.74. The lowest BCUT2D eigenvalue weighted by Gasteiger charge is -2.15. The molecule has 2 aromatic carbocycles. The molecule has 7 heteroatoms. The van der Waals surface area contributed by atoms with E-state index in [1.54, 1.807) is 19.1 Å². The van der Waals surface area contributed by atoms with Gasteiger partial charge >= 0.3 is 6.36 Å². The van der Waals surface area contributed by atoms with Crippen molar-refractivity contribution in [2.75, 3.05) is 0 Å². The van der Waals surface area contributed by atoms with Crippen LogP contribution in [-0.4, -0.2) is 6.36 Å². The van der Waals surface area contributed by atoms with Gasteiger partial charge in [-0.3, -0.25) is 0 Å². The van der Waals surface area contributed by atoms with Crippen LogP contribution in [0.25, 0.3) is 0 Å². The van der Waals surface area contributed by atoms with Gasteiger partial charge in [0.2, 0.25) is 0 Å². The third-order valence-electron chi connectivity index (χ3n) is 2.96. The van der Waals surface area contributed by atoms with Crippen LogP contribution in [0.4, 0.5) is 17.6 Å². The number of rotatable bonds is 3. The second-order valence-corrected chi connectivity index (χ2v) is 4.62. The maximum Gasteiger partial charge on any atom is 0.573 e. The Kier molecular flexibility index (Phi) is 5.79. The number of hydrogen-bond acceptors (Lipinski definition) is 2. The van der Waals surface area contributed by atoms with E-state index in [-0.39, 0.29) is 18.2 Å². The Morgan fingerprint density at radius 3 is 2.18 bits per heavy atom. The van der Waals surface area contributed by atoms with Crippen LogP contribution in [0.1, 0.15) is 22.7 Å². The first kappa shape index (κ1) is 18.3. The molecule has 0 saturated carbocycles. The predicted octanol–water partition coefficient (Wildman–Crippen LogP) is 4.50. The van der Waals surface area contributed by atoms with E-state index in [1.165, 1.54) is 18.2 Å². The SMILES string of the molecule is Cc1ccc(F)c([C@@H](N)c2ccc(OC(F)(F)F)cc2)c1.Cl. The summed E-state index contributed by atoms with van der Waals surface area (Å²) in [4.78, 5) is 0. The molecule has 0 amide bonds. The average molecular weight is 336 g/mol. The molecule has 0 saturated heterocycles. The molecule has 22 heavy (non-hydrogen) atoms. The van der Waals surface area contributed by atoms with E-state index >= 15 is 0 Å². The Morgan fingerprint density at radius 1 is 1.05 bits per heavy atom.